The minimum absolute atomic E-state index is 0.0915. The predicted molar refractivity (Wildman–Crippen MR) is 240 cm³/mol. The maximum absolute atomic E-state index is 2.54. The molecule has 9 aromatic rings. The quantitative estimate of drug-likeness (QED) is 0.170. The van der Waals surface area contributed by atoms with E-state index in [4.69, 9.17) is 0 Å². The van der Waals surface area contributed by atoms with E-state index in [0.29, 0.717) is 0 Å². The smallest absolute Gasteiger partial charge is 0.0540 e. The van der Waals surface area contributed by atoms with Crippen LogP contribution in [-0.4, -0.2) is 0 Å². The molecule has 1 heterocycles. The Bertz CT molecular complexity index is 3050. The summed E-state index contributed by atoms with van der Waals surface area (Å²) in [6, 6.07) is 65.8. The zero-order valence-electron chi connectivity index (χ0n) is 32.1. The van der Waals surface area contributed by atoms with Crippen LogP contribution in [0.1, 0.15) is 49.9 Å². The highest BCUT2D eigenvalue weighted by Crippen LogP contribution is 2.56. The molecule has 0 radical (unpaired) electrons. The highest BCUT2D eigenvalue weighted by molar-refractivity contribution is 7.25. The van der Waals surface area contributed by atoms with Crippen LogP contribution < -0.4 is 4.90 Å². The van der Waals surface area contributed by atoms with Crippen LogP contribution in [0.3, 0.4) is 0 Å². The number of rotatable bonds is 5. The largest absolute Gasteiger partial charge is 0.309 e. The van der Waals surface area contributed by atoms with Crippen LogP contribution in [0.4, 0.5) is 17.1 Å². The zero-order chi connectivity index (χ0) is 37.8. The number of benzene rings is 8. The molecule has 56 heavy (non-hydrogen) atoms. The van der Waals surface area contributed by atoms with E-state index in [1.54, 1.807) is 0 Å². The molecule has 0 N–H and O–H groups in total. The molecule has 2 aliphatic carbocycles. The Hall–Kier alpha value is -6.22. The number of anilines is 3. The third-order valence-corrected chi connectivity index (χ3v) is 13.8. The van der Waals surface area contributed by atoms with Crippen LogP contribution in [0.15, 0.2) is 176 Å². The second-order valence-corrected chi connectivity index (χ2v) is 17.5. The lowest BCUT2D eigenvalue weighted by Gasteiger charge is -2.32. The summed E-state index contributed by atoms with van der Waals surface area (Å²) in [5.74, 6) is 0. The average Bonchev–Trinajstić information content (AvgIpc) is 3.81. The van der Waals surface area contributed by atoms with Crippen molar-refractivity contribution in [3.8, 4) is 44.5 Å². The molecular formula is C54H41NS. The molecular weight excluding hydrogens is 695 g/mol. The maximum Gasteiger partial charge on any atom is 0.0540 e. The number of thiophene rings is 1. The first-order valence-corrected chi connectivity index (χ1v) is 20.5. The molecule has 1 aromatic heterocycles. The van der Waals surface area contributed by atoms with Crippen LogP contribution in [0.2, 0.25) is 0 Å². The van der Waals surface area contributed by atoms with Crippen molar-refractivity contribution in [2.24, 2.45) is 0 Å². The molecule has 2 aliphatic rings. The van der Waals surface area contributed by atoms with Gasteiger partial charge >= 0.3 is 0 Å². The van der Waals surface area contributed by atoms with Gasteiger partial charge in [-0.2, -0.15) is 0 Å². The van der Waals surface area contributed by atoms with Crippen molar-refractivity contribution >= 4 is 48.6 Å². The van der Waals surface area contributed by atoms with Crippen molar-refractivity contribution in [1.82, 2.24) is 0 Å². The van der Waals surface area contributed by atoms with E-state index >= 15 is 0 Å². The highest BCUT2D eigenvalue weighted by atomic mass is 32.1. The second-order valence-electron chi connectivity index (χ2n) is 16.4. The molecule has 0 unspecified atom stereocenters. The third-order valence-electron chi connectivity index (χ3n) is 12.7. The summed E-state index contributed by atoms with van der Waals surface area (Å²) >= 11 is 1.88. The van der Waals surface area contributed by atoms with Crippen LogP contribution in [0.5, 0.6) is 0 Å². The van der Waals surface area contributed by atoms with Gasteiger partial charge in [-0.05, 0) is 92.0 Å². The van der Waals surface area contributed by atoms with Gasteiger partial charge in [0.05, 0.1) is 11.4 Å². The molecule has 0 fully saturated rings. The van der Waals surface area contributed by atoms with Crippen molar-refractivity contribution in [3.63, 3.8) is 0 Å². The number of hydrogen-bond donors (Lipinski definition) is 0. The van der Waals surface area contributed by atoms with Crippen LogP contribution in [0, 0.1) is 0 Å². The van der Waals surface area contributed by atoms with E-state index in [1.807, 2.05) is 11.3 Å². The Morgan fingerprint density at radius 1 is 0.375 bits per heavy atom. The number of fused-ring (bicyclic) bond motifs is 9. The van der Waals surface area contributed by atoms with E-state index in [1.165, 1.54) is 86.9 Å². The lowest BCUT2D eigenvalue weighted by molar-refractivity contribution is 0.660. The molecule has 0 saturated heterocycles. The molecule has 0 spiro atoms. The van der Waals surface area contributed by atoms with E-state index < -0.39 is 0 Å². The van der Waals surface area contributed by atoms with Crippen molar-refractivity contribution in [1.29, 1.82) is 0 Å². The Labute approximate surface area is 333 Å². The Morgan fingerprint density at radius 3 is 1.64 bits per heavy atom. The van der Waals surface area contributed by atoms with Gasteiger partial charge in [0.2, 0.25) is 0 Å². The Kier molecular flexibility index (Phi) is 7.18. The summed E-state index contributed by atoms with van der Waals surface area (Å²) in [5, 5.41) is 2.63. The first-order chi connectivity index (χ1) is 27.3. The summed E-state index contributed by atoms with van der Waals surface area (Å²) in [4.78, 5) is 2.54. The van der Waals surface area contributed by atoms with E-state index in [9.17, 15) is 0 Å². The SMILES string of the molecule is CC1(C)c2ccccc2-c2ccc(N(c3ccccc3-c3cccc4c3-c3ccccc3C4(C)C)c3ccccc3-c3cccc4sc5ccccc5c34)cc21. The van der Waals surface area contributed by atoms with E-state index in [-0.39, 0.29) is 10.8 Å². The average molecular weight is 736 g/mol. The monoisotopic (exact) mass is 735 g/mol. The molecule has 0 atom stereocenters. The lowest BCUT2D eigenvalue weighted by Crippen LogP contribution is -2.17. The fraction of sp³-hybridized carbons (Fsp3) is 0.111. The van der Waals surface area contributed by atoms with E-state index in [2.05, 4.69) is 209 Å². The topological polar surface area (TPSA) is 3.24 Å². The van der Waals surface area contributed by atoms with Crippen molar-refractivity contribution in [2.45, 2.75) is 38.5 Å². The van der Waals surface area contributed by atoms with Gasteiger partial charge in [0.15, 0.2) is 0 Å². The summed E-state index contributed by atoms with van der Waals surface area (Å²) < 4.78 is 2.62. The molecule has 268 valence electrons. The second kappa shape index (κ2) is 12.1. The van der Waals surface area contributed by atoms with Gasteiger partial charge in [0.1, 0.15) is 0 Å². The predicted octanol–water partition coefficient (Wildman–Crippen LogP) is 15.5. The number of nitrogens with zero attached hydrogens (tertiary/aromatic N) is 1. The maximum atomic E-state index is 2.54. The number of para-hydroxylation sites is 2. The molecule has 0 bridgehead atoms. The molecule has 11 rings (SSSR count). The van der Waals surface area contributed by atoms with Crippen LogP contribution >= 0.6 is 11.3 Å². The van der Waals surface area contributed by atoms with Crippen LogP contribution in [0.25, 0.3) is 64.7 Å². The first kappa shape index (κ1) is 33.1. The van der Waals surface area contributed by atoms with Gasteiger partial charge < -0.3 is 4.90 Å². The number of hydrogen-bond acceptors (Lipinski definition) is 2. The molecule has 1 nitrogen and oxygen atoms in total. The lowest BCUT2D eigenvalue weighted by atomic mass is 9.82. The highest BCUT2D eigenvalue weighted by Gasteiger charge is 2.38. The molecule has 8 aromatic carbocycles. The van der Waals surface area contributed by atoms with Gasteiger partial charge in [-0.25, -0.2) is 0 Å². The summed E-state index contributed by atoms with van der Waals surface area (Å²) in [6.07, 6.45) is 0. The molecule has 0 amide bonds. The third kappa shape index (κ3) is 4.66. The van der Waals surface area contributed by atoms with Gasteiger partial charge in [-0.15, -0.1) is 11.3 Å². The van der Waals surface area contributed by atoms with E-state index in [0.717, 1.165) is 17.1 Å². The van der Waals surface area contributed by atoms with Crippen LogP contribution in [-0.2, 0) is 10.8 Å². The molecule has 2 heteroatoms. The minimum Gasteiger partial charge on any atom is -0.309 e. The van der Waals surface area contributed by atoms with Gasteiger partial charge in [-0.1, -0.05) is 167 Å². The van der Waals surface area contributed by atoms with Crippen molar-refractivity contribution < 1.29 is 0 Å². The van der Waals surface area contributed by atoms with Gasteiger partial charge in [0, 0.05) is 47.8 Å². The van der Waals surface area contributed by atoms with Gasteiger partial charge in [0.25, 0.3) is 0 Å². The summed E-state index contributed by atoms with van der Waals surface area (Å²) in [7, 11) is 0. The summed E-state index contributed by atoms with van der Waals surface area (Å²) in [6.45, 7) is 9.49. The standard InChI is InChI=1S/C54H41NS/c1-53(2)44-25-11-6-20-41(44)51-39(22-15-26-45(51)53)37-18-7-12-27-47(37)55(34-31-32-36-35-17-5-10-24-43(35)54(3,4)46(36)33-34)48-28-13-8-19-38(48)40-23-16-30-50-52(40)42-21-9-14-29-49(42)56-50/h5-33H,1-4H3. The molecule has 0 saturated carbocycles. The summed E-state index contributed by atoms with van der Waals surface area (Å²) in [5.41, 5.74) is 19.0. The van der Waals surface area contributed by atoms with Crippen molar-refractivity contribution in [3.05, 3.63) is 198 Å². The zero-order valence-corrected chi connectivity index (χ0v) is 32.9. The first-order valence-electron chi connectivity index (χ1n) is 19.7. The Balaban J connectivity index is 1.20. The fourth-order valence-electron chi connectivity index (χ4n) is 10.0. The van der Waals surface area contributed by atoms with Crippen molar-refractivity contribution in [2.75, 3.05) is 4.90 Å². The fourth-order valence-corrected chi connectivity index (χ4v) is 11.1. The minimum atomic E-state index is -0.136. The molecule has 0 aliphatic heterocycles. The normalized spacial score (nSPS) is 14.4. The van der Waals surface area contributed by atoms with Gasteiger partial charge in [-0.3, -0.25) is 0 Å². The Morgan fingerprint density at radius 2 is 0.875 bits per heavy atom.